The van der Waals surface area contributed by atoms with Gasteiger partial charge in [0.2, 0.25) is 0 Å². The van der Waals surface area contributed by atoms with Crippen molar-refractivity contribution in [2.45, 2.75) is 19.0 Å². The van der Waals surface area contributed by atoms with Gasteiger partial charge in [0.15, 0.2) is 5.96 Å². The molecule has 1 aromatic heterocycles. The van der Waals surface area contributed by atoms with Crippen LogP contribution in [0.4, 0.5) is 0 Å². The van der Waals surface area contributed by atoms with Crippen LogP contribution in [0.1, 0.15) is 23.7 Å². The first-order valence-electron chi connectivity index (χ1n) is 7.15. The molecule has 1 unspecified atom stereocenters. The van der Waals surface area contributed by atoms with Gasteiger partial charge in [-0.1, -0.05) is 18.2 Å². The number of benzene rings is 1. The average Bonchev–Trinajstić information content (AvgIpc) is 2.54. The molecule has 22 heavy (non-hydrogen) atoms. The summed E-state index contributed by atoms with van der Waals surface area (Å²) in [7, 11) is 0. The fraction of sp³-hybridized carbons (Fsp3) is 0.250. The van der Waals surface area contributed by atoms with Crippen LogP contribution in [-0.2, 0) is 6.54 Å². The standard InChI is InChI=1S/C16H18N4O2/c17-16(19-10-13-14(21)5-3-8-18-13)20-12-7-9-22-15-6-2-1-4-11(12)15/h1-6,8,12,21H,7,9-10H2,(H3,17,19,20). The highest BCUT2D eigenvalue weighted by Gasteiger charge is 2.21. The van der Waals surface area contributed by atoms with Crippen molar-refractivity contribution in [3.8, 4) is 11.5 Å². The number of aromatic nitrogens is 1. The molecule has 4 N–H and O–H groups in total. The number of nitrogens with two attached hydrogens (primary N) is 1. The largest absolute Gasteiger partial charge is 0.506 e. The van der Waals surface area contributed by atoms with Crippen LogP contribution in [0.15, 0.2) is 47.6 Å². The van der Waals surface area contributed by atoms with Crippen LogP contribution in [0.25, 0.3) is 0 Å². The number of ether oxygens (including phenoxy) is 1. The third-order valence-corrected chi connectivity index (χ3v) is 3.55. The summed E-state index contributed by atoms with van der Waals surface area (Å²) in [6.07, 6.45) is 2.44. The molecule has 3 rings (SSSR count). The summed E-state index contributed by atoms with van der Waals surface area (Å²) in [6, 6.07) is 11.2. The zero-order chi connectivity index (χ0) is 15.4. The van der Waals surface area contributed by atoms with Crippen LogP contribution in [0.5, 0.6) is 11.5 Å². The van der Waals surface area contributed by atoms with E-state index < -0.39 is 0 Å². The SMILES string of the molecule is NC(=NCc1ncccc1O)NC1CCOc2ccccc21. The first kappa shape index (κ1) is 14.2. The van der Waals surface area contributed by atoms with E-state index in [1.807, 2.05) is 24.3 Å². The Morgan fingerprint density at radius 1 is 1.36 bits per heavy atom. The van der Waals surface area contributed by atoms with Crippen LogP contribution < -0.4 is 15.8 Å². The second-order valence-electron chi connectivity index (χ2n) is 5.04. The topological polar surface area (TPSA) is 92.8 Å². The number of pyridine rings is 1. The van der Waals surface area contributed by atoms with Gasteiger partial charge in [-0.15, -0.1) is 0 Å². The highest BCUT2D eigenvalue weighted by molar-refractivity contribution is 5.78. The molecular weight excluding hydrogens is 280 g/mol. The minimum atomic E-state index is 0.0750. The molecule has 0 saturated carbocycles. The lowest BCUT2D eigenvalue weighted by atomic mass is 10.0. The van der Waals surface area contributed by atoms with Gasteiger partial charge < -0.3 is 20.9 Å². The van der Waals surface area contributed by atoms with Crippen molar-refractivity contribution >= 4 is 5.96 Å². The van der Waals surface area contributed by atoms with Crippen molar-refractivity contribution in [2.24, 2.45) is 10.7 Å². The third-order valence-electron chi connectivity index (χ3n) is 3.55. The fourth-order valence-electron chi connectivity index (χ4n) is 2.43. The van der Waals surface area contributed by atoms with E-state index in [1.165, 1.54) is 0 Å². The predicted molar refractivity (Wildman–Crippen MR) is 83.7 cm³/mol. The van der Waals surface area contributed by atoms with Gasteiger partial charge in [-0.05, 0) is 18.2 Å². The van der Waals surface area contributed by atoms with Gasteiger partial charge in [-0.25, -0.2) is 4.99 Å². The lowest BCUT2D eigenvalue weighted by Gasteiger charge is -2.26. The Labute approximate surface area is 128 Å². The second kappa shape index (κ2) is 6.34. The highest BCUT2D eigenvalue weighted by atomic mass is 16.5. The smallest absolute Gasteiger partial charge is 0.189 e. The van der Waals surface area contributed by atoms with Crippen LogP contribution in [-0.4, -0.2) is 22.7 Å². The van der Waals surface area contributed by atoms with Crippen molar-refractivity contribution in [1.82, 2.24) is 10.3 Å². The number of hydrogen-bond donors (Lipinski definition) is 3. The Balaban J connectivity index is 1.69. The molecule has 1 aliphatic rings. The number of fused-ring (bicyclic) bond motifs is 1. The summed E-state index contributed by atoms with van der Waals surface area (Å²) in [5.41, 5.74) is 7.52. The van der Waals surface area contributed by atoms with Gasteiger partial charge in [0, 0.05) is 18.2 Å². The van der Waals surface area contributed by atoms with Gasteiger partial charge in [0.1, 0.15) is 17.2 Å². The third kappa shape index (κ3) is 3.11. The number of guanidine groups is 1. The molecule has 1 atom stereocenters. The van der Waals surface area contributed by atoms with Crippen molar-refractivity contribution in [2.75, 3.05) is 6.61 Å². The van der Waals surface area contributed by atoms with Gasteiger partial charge in [-0.2, -0.15) is 0 Å². The summed E-state index contributed by atoms with van der Waals surface area (Å²) >= 11 is 0. The number of hydrogen-bond acceptors (Lipinski definition) is 4. The molecule has 0 spiro atoms. The fourth-order valence-corrected chi connectivity index (χ4v) is 2.43. The van der Waals surface area contributed by atoms with Gasteiger partial charge in [-0.3, -0.25) is 4.98 Å². The maximum atomic E-state index is 9.67. The average molecular weight is 298 g/mol. The lowest BCUT2D eigenvalue weighted by molar-refractivity contribution is 0.262. The molecule has 0 amide bonds. The van der Waals surface area contributed by atoms with Crippen molar-refractivity contribution in [1.29, 1.82) is 0 Å². The summed E-state index contributed by atoms with van der Waals surface area (Å²) in [6.45, 7) is 0.874. The first-order chi connectivity index (χ1) is 10.7. The lowest BCUT2D eigenvalue weighted by Crippen LogP contribution is -2.37. The van der Waals surface area contributed by atoms with E-state index in [-0.39, 0.29) is 18.3 Å². The molecule has 0 saturated heterocycles. The Morgan fingerprint density at radius 3 is 3.09 bits per heavy atom. The number of para-hydroxylation sites is 1. The summed E-state index contributed by atoms with van der Waals surface area (Å²) in [4.78, 5) is 8.31. The zero-order valence-electron chi connectivity index (χ0n) is 12.1. The quantitative estimate of drug-likeness (QED) is 0.592. The molecular formula is C16H18N4O2. The van der Waals surface area contributed by atoms with Gasteiger partial charge in [0.25, 0.3) is 0 Å². The van der Waals surface area contributed by atoms with Crippen LogP contribution in [0.3, 0.4) is 0 Å². The Kier molecular flexibility index (Phi) is 4.09. The van der Waals surface area contributed by atoms with E-state index in [0.29, 0.717) is 18.3 Å². The monoisotopic (exact) mass is 298 g/mol. The van der Waals surface area contributed by atoms with E-state index in [4.69, 9.17) is 10.5 Å². The second-order valence-corrected chi connectivity index (χ2v) is 5.04. The molecule has 0 bridgehead atoms. The Bertz CT molecular complexity index is 687. The molecule has 2 aromatic rings. The number of rotatable bonds is 3. The molecule has 1 aromatic carbocycles. The molecule has 6 heteroatoms. The van der Waals surface area contributed by atoms with E-state index in [0.717, 1.165) is 17.7 Å². The Morgan fingerprint density at radius 2 is 2.23 bits per heavy atom. The van der Waals surface area contributed by atoms with E-state index in [1.54, 1.807) is 18.3 Å². The van der Waals surface area contributed by atoms with Crippen LogP contribution in [0, 0.1) is 0 Å². The maximum Gasteiger partial charge on any atom is 0.189 e. The highest BCUT2D eigenvalue weighted by Crippen LogP contribution is 2.31. The van der Waals surface area contributed by atoms with Crippen molar-refractivity contribution in [3.05, 3.63) is 53.9 Å². The maximum absolute atomic E-state index is 9.67. The number of nitrogens with zero attached hydrogens (tertiary/aromatic N) is 2. The first-order valence-corrected chi connectivity index (χ1v) is 7.15. The van der Waals surface area contributed by atoms with Gasteiger partial charge in [0.05, 0.1) is 19.2 Å². The normalized spacial score (nSPS) is 17.5. The van der Waals surface area contributed by atoms with E-state index >= 15 is 0 Å². The van der Waals surface area contributed by atoms with Gasteiger partial charge >= 0.3 is 0 Å². The van der Waals surface area contributed by atoms with E-state index in [9.17, 15) is 5.11 Å². The van der Waals surface area contributed by atoms with Crippen molar-refractivity contribution in [3.63, 3.8) is 0 Å². The number of aromatic hydroxyl groups is 1. The molecule has 0 aliphatic carbocycles. The Hall–Kier alpha value is -2.76. The summed E-state index contributed by atoms with van der Waals surface area (Å²) in [5.74, 6) is 1.32. The van der Waals surface area contributed by atoms with E-state index in [2.05, 4.69) is 15.3 Å². The predicted octanol–water partition coefficient (Wildman–Crippen LogP) is 1.72. The summed E-state index contributed by atoms with van der Waals surface area (Å²) < 4.78 is 5.62. The van der Waals surface area contributed by atoms with Crippen LogP contribution in [0.2, 0.25) is 0 Å². The number of nitrogens with one attached hydrogen (secondary N) is 1. The minimum absolute atomic E-state index is 0.0750. The molecule has 0 fully saturated rings. The number of aliphatic imine (C=N–C) groups is 1. The molecule has 6 nitrogen and oxygen atoms in total. The molecule has 2 heterocycles. The molecule has 1 aliphatic heterocycles. The zero-order valence-corrected chi connectivity index (χ0v) is 12.1. The van der Waals surface area contributed by atoms with Crippen molar-refractivity contribution < 1.29 is 9.84 Å². The molecule has 0 radical (unpaired) electrons. The minimum Gasteiger partial charge on any atom is -0.506 e. The summed E-state index contributed by atoms with van der Waals surface area (Å²) in [5, 5.41) is 12.9. The molecule has 114 valence electrons. The van der Waals surface area contributed by atoms with Crippen LogP contribution >= 0.6 is 0 Å².